The third-order valence-electron chi connectivity index (χ3n) is 4.21. The number of carbonyl (C=O) groups is 1. The summed E-state index contributed by atoms with van der Waals surface area (Å²) in [4.78, 5) is 14.0. The molecule has 1 atom stereocenters. The molecule has 0 unspecified atom stereocenters. The predicted molar refractivity (Wildman–Crippen MR) is 96.8 cm³/mol. The van der Waals surface area contributed by atoms with Crippen molar-refractivity contribution in [1.82, 2.24) is 10.2 Å². The Morgan fingerprint density at radius 1 is 1.27 bits per heavy atom. The van der Waals surface area contributed by atoms with Gasteiger partial charge in [0.05, 0.1) is 6.54 Å². The maximum Gasteiger partial charge on any atom is 0.234 e. The first-order valence-corrected chi connectivity index (χ1v) is 8.60. The molecule has 0 radical (unpaired) electrons. The first-order chi connectivity index (χ1) is 12.5. The number of hydrogen-bond donors (Lipinski definition) is 1. The third kappa shape index (κ3) is 4.73. The van der Waals surface area contributed by atoms with Gasteiger partial charge >= 0.3 is 0 Å². The van der Waals surface area contributed by atoms with Crippen LogP contribution in [0, 0.1) is 12.7 Å². The molecular weight excluding hydrogens is 335 g/mol. The molecule has 1 aliphatic heterocycles. The van der Waals surface area contributed by atoms with Gasteiger partial charge in [-0.15, -0.1) is 0 Å². The Bertz CT molecular complexity index is 781. The lowest BCUT2D eigenvalue weighted by atomic mass is 10.1. The summed E-state index contributed by atoms with van der Waals surface area (Å²) in [6.07, 6.45) is -0.123. The molecule has 2 aromatic rings. The number of fused-ring (bicyclic) bond motifs is 1. The SMILES string of the molecule is Cc1cc(CNC(=O)CN(C)C[C@@H]2COc3ccccc3O2)ccc1F. The Hall–Kier alpha value is -2.60. The minimum atomic E-state index is -0.240. The smallest absolute Gasteiger partial charge is 0.234 e. The molecule has 26 heavy (non-hydrogen) atoms. The fourth-order valence-corrected chi connectivity index (χ4v) is 2.88. The van der Waals surface area contributed by atoms with Gasteiger partial charge < -0.3 is 14.8 Å². The van der Waals surface area contributed by atoms with E-state index in [2.05, 4.69) is 5.32 Å². The van der Waals surface area contributed by atoms with E-state index in [0.717, 1.165) is 17.1 Å². The Morgan fingerprint density at radius 3 is 2.81 bits per heavy atom. The summed E-state index contributed by atoms with van der Waals surface area (Å²) in [5.74, 6) is 1.15. The number of nitrogens with one attached hydrogen (secondary N) is 1. The lowest BCUT2D eigenvalue weighted by molar-refractivity contribution is -0.122. The van der Waals surface area contributed by atoms with Crippen LogP contribution in [0.4, 0.5) is 4.39 Å². The van der Waals surface area contributed by atoms with Crippen molar-refractivity contribution in [2.24, 2.45) is 0 Å². The highest BCUT2D eigenvalue weighted by atomic mass is 19.1. The van der Waals surface area contributed by atoms with Crippen molar-refractivity contribution in [1.29, 1.82) is 0 Å². The molecule has 0 saturated carbocycles. The number of amides is 1. The Kier molecular flexibility index (Phi) is 5.73. The number of likely N-dealkylation sites (N-methyl/N-ethyl adjacent to an activating group) is 1. The lowest BCUT2D eigenvalue weighted by Crippen LogP contribution is -2.43. The maximum atomic E-state index is 13.3. The van der Waals surface area contributed by atoms with Crippen LogP contribution in [-0.2, 0) is 11.3 Å². The largest absolute Gasteiger partial charge is 0.486 e. The number of para-hydroxylation sites is 2. The van der Waals surface area contributed by atoms with E-state index in [1.54, 1.807) is 19.1 Å². The molecule has 6 heteroatoms. The van der Waals surface area contributed by atoms with Gasteiger partial charge in [-0.3, -0.25) is 9.69 Å². The minimum Gasteiger partial charge on any atom is -0.486 e. The normalized spacial score (nSPS) is 15.8. The number of halogens is 1. The first kappa shape index (κ1) is 18.2. The van der Waals surface area contributed by atoms with Crippen LogP contribution in [0.3, 0.4) is 0 Å². The van der Waals surface area contributed by atoms with Crippen LogP contribution in [0.2, 0.25) is 0 Å². The maximum absolute atomic E-state index is 13.3. The number of aryl methyl sites for hydroxylation is 1. The second kappa shape index (κ2) is 8.19. The molecule has 0 saturated heterocycles. The molecule has 5 nitrogen and oxygen atoms in total. The van der Waals surface area contributed by atoms with Gasteiger partial charge in [-0.1, -0.05) is 24.3 Å². The number of benzene rings is 2. The van der Waals surface area contributed by atoms with Gasteiger partial charge in [0.1, 0.15) is 18.5 Å². The molecule has 0 spiro atoms. The van der Waals surface area contributed by atoms with Crippen LogP contribution >= 0.6 is 0 Å². The van der Waals surface area contributed by atoms with E-state index in [4.69, 9.17) is 9.47 Å². The van der Waals surface area contributed by atoms with Crippen molar-refractivity contribution in [3.05, 3.63) is 59.4 Å². The highest BCUT2D eigenvalue weighted by Crippen LogP contribution is 2.30. The average molecular weight is 358 g/mol. The summed E-state index contributed by atoms with van der Waals surface area (Å²) in [7, 11) is 1.87. The van der Waals surface area contributed by atoms with Crippen molar-refractivity contribution in [3.8, 4) is 11.5 Å². The highest BCUT2D eigenvalue weighted by molar-refractivity contribution is 5.77. The summed E-state index contributed by atoms with van der Waals surface area (Å²) >= 11 is 0. The van der Waals surface area contributed by atoms with Crippen LogP contribution in [0.15, 0.2) is 42.5 Å². The summed E-state index contributed by atoms with van der Waals surface area (Å²) in [6.45, 7) is 3.37. The van der Waals surface area contributed by atoms with Gasteiger partial charge in [-0.25, -0.2) is 4.39 Å². The van der Waals surface area contributed by atoms with Crippen molar-refractivity contribution < 1.29 is 18.7 Å². The molecule has 0 fully saturated rings. The van der Waals surface area contributed by atoms with Gasteiger partial charge in [0.25, 0.3) is 0 Å². The summed E-state index contributed by atoms with van der Waals surface area (Å²) in [6, 6.07) is 12.4. The third-order valence-corrected chi connectivity index (χ3v) is 4.21. The topological polar surface area (TPSA) is 50.8 Å². The first-order valence-electron chi connectivity index (χ1n) is 8.60. The molecule has 1 heterocycles. The number of hydrogen-bond acceptors (Lipinski definition) is 4. The van der Waals surface area contributed by atoms with Gasteiger partial charge in [0, 0.05) is 13.1 Å². The molecule has 1 N–H and O–H groups in total. The van der Waals surface area contributed by atoms with Gasteiger partial charge in [-0.2, -0.15) is 0 Å². The Balaban J connectivity index is 1.44. The lowest BCUT2D eigenvalue weighted by Gasteiger charge is -2.29. The molecular formula is C20H23FN2O3. The Labute approximate surface area is 152 Å². The second-order valence-corrected chi connectivity index (χ2v) is 6.55. The van der Waals surface area contributed by atoms with E-state index in [1.807, 2.05) is 36.2 Å². The quantitative estimate of drug-likeness (QED) is 0.862. The Morgan fingerprint density at radius 2 is 2.04 bits per heavy atom. The summed E-state index contributed by atoms with van der Waals surface area (Å²) < 4.78 is 24.9. The molecule has 1 amide bonds. The number of nitrogens with zero attached hydrogens (tertiary/aromatic N) is 1. The zero-order valence-electron chi connectivity index (χ0n) is 15.0. The van der Waals surface area contributed by atoms with Crippen LogP contribution in [0.5, 0.6) is 11.5 Å². The summed E-state index contributed by atoms with van der Waals surface area (Å²) in [5.41, 5.74) is 1.45. The zero-order chi connectivity index (χ0) is 18.5. The molecule has 138 valence electrons. The fourth-order valence-electron chi connectivity index (χ4n) is 2.88. The van der Waals surface area contributed by atoms with Gasteiger partial charge in [0.15, 0.2) is 11.5 Å². The van der Waals surface area contributed by atoms with Crippen molar-refractivity contribution >= 4 is 5.91 Å². The van der Waals surface area contributed by atoms with Gasteiger partial charge in [0.2, 0.25) is 5.91 Å². The van der Waals surface area contributed by atoms with Crippen LogP contribution in [0.25, 0.3) is 0 Å². The standard InChI is InChI=1S/C20H23FN2O3/c1-14-9-15(7-8-17(14)21)10-22-20(24)12-23(2)11-16-13-25-18-5-3-4-6-19(18)26-16/h3-9,16H,10-13H2,1-2H3,(H,22,24)/t16-/m1/s1. The highest BCUT2D eigenvalue weighted by Gasteiger charge is 2.22. The molecule has 0 bridgehead atoms. The number of rotatable bonds is 6. The van der Waals surface area contributed by atoms with E-state index in [-0.39, 0.29) is 24.4 Å². The number of ether oxygens (including phenoxy) is 2. The van der Waals surface area contributed by atoms with Crippen molar-refractivity contribution in [3.63, 3.8) is 0 Å². The monoisotopic (exact) mass is 358 g/mol. The zero-order valence-corrected chi connectivity index (χ0v) is 15.0. The molecule has 0 aliphatic carbocycles. The van der Waals surface area contributed by atoms with E-state index in [1.165, 1.54) is 6.07 Å². The van der Waals surface area contributed by atoms with Crippen LogP contribution < -0.4 is 14.8 Å². The summed E-state index contributed by atoms with van der Waals surface area (Å²) in [5, 5.41) is 2.85. The second-order valence-electron chi connectivity index (χ2n) is 6.55. The van der Waals surface area contributed by atoms with Crippen LogP contribution in [0.1, 0.15) is 11.1 Å². The van der Waals surface area contributed by atoms with Gasteiger partial charge in [-0.05, 0) is 43.3 Å². The molecule has 3 rings (SSSR count). The fraction of sp³-hybridized carbons (Fsp3) is 0.350. The number of carbonyl (C=O) groups excluding carboxylic acids is 1. The van der Waals surface area contributed by atoms with E-state index in [9.17, 15) is 9.18 Å². The van der Waals surface area contributed by atoms with Crippen LogP contribution in [-0.4, -0.2) is 43.7 Å². The average Bonchev–Trinajstić information content (AvgIpc) is 2.62. The van der Waals surface area contributed by atoms with E-state index >= 15 is 0 Å². The molecule has 0 aromatic heterocycles. The molecule has 2 aromatic carbocycles. The van der Waals surface area contributed by atoms with Crippen molar-refractivity contribution in [2.45, 2.75) is 19.6 Å². The molecule has 1 aliphatic rings. The van der Waals surface area contributed by atoms with E-state index in [0.29, 0.717) is 25.3 Å². The van der Waals surface area contributed by atoms with E-state index < -0.39 is 0 Å². The predicted octanol–water partition coefficient (Wildman–Crippen LogP) is 2.52. The van der Waals surface area contributed by atoms with Crippen molar-refractivity contribution in [2.75, 3.05) is 26.7 Å². The minimum absolute atomic E-state index is 0.0911.